The fourth-order valence-corrected chi connectivity index (χ4v) is 5.92. The second-order valence-corrected chi connectivity index (χ2v) is 11.2. The van der Waals surface area contributed by atoms with Gasteiger partial charge in [0.2, 0.25) is 11.8 Å². The highest BCUT2D eigenvalue weighted by atomic mass is 35.5. The molecule has 1 saturated heterocycles. The predicted octanol–water partition coefficient (Wildman–Crippen LogP) is 1.25. The van der Waals surface area contributed by atoms with Gasteiger partial charge < -0.3 is 26.4 Å². The van der Waals surface area contributed by atoms with E-state index in [2.05, 4.69) is 20.9 Å². The highest BCUT2D eigenvalue weighted by Gasteiger charge is 2.25. The predicted molar refractivity (Wildman–Crippen MR) is 137 cm³/mol. The smallest absolute Gasteiger partial charge is 0.267 e. The van der Waals surface area contributed by atoms with E-state index in [4.69, 9.17) is 33.7 Å². The lowest BCUT2D eigenvalue weighted by atomic mass is 9.99. The van der Waals surface area contributed by atoms with E-state index in [-0.39, 0.29) is 41.3 Å². The first-order valence-electron chi connectivity index (χ1n) is 10.9. The molecule has 0 saturated carbocycles. The van der Waals surface area contributed by atoms with Crippen LogP contribution < -0.4 is 21.7 Å². The molecule has 2 aliphatic heterocycles. The molecule has 0 radical (unpaired) electrons. The van der Waals surface area contributed by atoms with E-state index in [0.29, 0.717) is 34.8 Å². The molecule has 3 atom stereocenters. The summed E-state index contributed by atoms with van der Waals surface area (Å²) in [4.78, 5) is 37.4. The van der Waals surface area contributed by atoms with Crippen molar-refractivity contribution in [3.8, 4) is 0 Å². The van der Waals surface area contributed by atoms with E-state index in [1.165, 1.54) is 23.5 Å². The minimum atomic E-state index is -0.470. The largest absolute Gasteiger partial charge is 0.374 e. The van der Waals surface area contributed by atoms with Crippen molar-refractivity contribution in [1.82, 2.24) is 20.9 Å². The zero-order valence-corrected chi connectivity index (χ0v) is 21.7. The Bertz CT molecular complexity index is 870. The van der Waals surface area contributed by atoms with Crippen molar-refractivity contribution in [3.05, 3.63) is 33.3 Å². The summed E-state index contributed by atoms with van der Waals surface area (Å²) in [5.74, 6) is -0.285. The van der Waals surface area contributed by atoms with Crippen LogP contribution in [0.25, 0.3) is 0 Å². The summed E-state index contributed by atoms with van der Waals surface area (Å²) >= 11 is 15.0. The Balaban J connectivity index is 1.29. The van der Waals surface area contributed by atoms with E-state index in [1.807, 2.05) is 12.2 Å². The number of morpholine rings is 1. The average Bonchev–Trinajstić information content (AvgIpc) is 3.28. The third-order valence-corrected chi connectivity index (χ3v) is 8.41. The lowest BCUT2D eigenvalue weighted by molar-refractivity contribution is -0.120. The summed E-state index contributed by atoms with van der Waals surface area (Å²) in [5, 5.41) is 11.5. The summed E-state index contributed by atoms with van der Waals surface area (Å²) < 4.78 is 5.68. The number of primary amides is 1. The lowest BCUT2D eigenvalue weighted by Gasteiger charge is -2.35. The minimum absolute atomic E-state index is 0.0683. The number of carbonyl (C=O) groups excluding carboxylic acids is 3. The quantitative estimate of drug-likeness (QED) is 0.303. The Hall–Kier alpha value is -1.37. The number of halogens is 2. The summed E-state index contributed by atoms with van der Waals surface area (Å²) in [6, 6.07) is 0. The molecule has 13 heteroatoms. The number of amides is 3. The maximum absolute atomic E-state index is 12.3. The maximum atomic E-state index is 12.3. The number of hydrogen-bond donors (Lipinski definition) is 4. The van der Waals surface area contributed by atoms with Gasteiger partial charge in [0.1, 0.15) is 10.4 Å². The number of allylic oxidation sites excluding steroid dienone is 3. The van der Waals surface area contributed by atoms with Gasteiger partial charge in [0.15, 0.2) is 0 Å². The Morgan fingerprint density at radius 3 is 2.88 bits per heavy atom. The molecule has 2 heterocycles. The van der Waals surface area contributed by atoms with Crippen LogP contribution in [0.5, 0.6) is 0 Å². The molecule has 0 aromatic heterocycles. The van der Waals surface area contributed by atoms with Gasteiger partial charge in [-0.1, -0.05) is 47.1 Å². The molecule has 0 aromatic rings. The van der Waals surface area contributed by atoms with E-state index in [0.717, 1.165) is 26.1 Å². The van der Waals surface area contributed by atoms with E-state index >= 15 is 0 Å². The van der Waals surface area contributed by atoms with Gasteiger partial charge in [-0.3, -0.25) is 19.3 Å². The van der Waals surface area contributed by atoms with Crippen LogP contribution in [-0.4, -0.2) is 78.5 Å². The topological polar surface area (TPSA) is 126 Å². The molecule has 9 nitrogen and oxygen atoms in total. The highest BCUT2D eigenvalue weighted by Crippen LogP contribution is 2.30. The molecule has 2 unspecified atom stereocenters. The van der Waals surface area contributed by atoms with Crippen molar-refractivity contribution in [3.63, 3.8) is 0 Å². The summed E-state index contributed by atoms with van der Waals surface area (Å²) in [6.07, 6.45) is 4.85. The van der Waals surface area contributed by atoms with Crippen LogP contribution in [0.4, 0.5) is 0 Å². The van der Waals surface area contributed by atoms with Gasteiger partial charge >= 0.3 is 0 Å². The Labute approximate surface area is 217 Å². The van der Waals surface area contributed by atoms with Crippen LogP contribution in [0.3, 0.4) is 0 Å². The molecule has 3 aliphatic rings. The normalized spacial score (nSPS) is 25.0. The fourth-order valence-electron chi connectivity index (χ4n) is 3.58. The molecule has 3 amide bonds. The van der Waals surface area contributed by atoms with Crippen LogP contribution >= 0.6 is 46.7 Å². The van der Waals surface area contributed by atoms with Crippen LogP contribution in [0, 0.1) is 5.92 Å². The zero-order chi connectivity index (χ0) is 24.5. The molecule has 0 bridgehead atoms. The molecule has 0 aromatic carbocycles. The molecule has 1 fully saturated rings. The van der Waals surface area contributed by atoms with Crippen molar-refractivity contribution < 1.29 is 19.1 Å². The fraction of sp³-hybridized carbons (Fsp3) is 0.571. The number of thioether (sulfide) groups is 2. The maximum Gasteiger partial charge on any atom is 0.267 e. The third kappa shape index (κ3) is 9.01. The number of hydrogen-bond acceptors (Lipinski definition) is 8. The summed E-state index contributed by atoms with van der Waals surface area (Å²) in [7, 11) is 0. The molecule has 1 aliphatic carbocycles. The molecule has 34 heavy (non-hydrogen) atoms. The van der Waals surface area contributed by atoms with Crippen LogP contribution in [0.1, 0.15) is 12.8 Å². The molecular formula is C21H29Cl2N5O4S2. The van der Waals surface area contributed by atoms with Crippen molar-refractivity contribution in [2.45, 2.75) is 23.7 Å². The first-order valence-corrected chi connectivity index (χ1v) is 13.7. The second-order valence-electron chi connectivity index (χ2n) is 8.05. The molecule has 188 valence electrons. The van der Waals surface area contributed by atoms with Gasteiger partial charge in [0.05, 0.1) is 28.5 Å². The Morgan fingerprint density at radius 1 is 1.29 bits per heavy atom. The summed E-state index contributed by atoms with van der Waals surface area (Å²) in [6.45, 7) is 3.71. The van der Waals surface area contributed by atoms with Crippen molar-refractivity contribution in [2.75, 3.05) is 45.1 Å². The van der Waals surface area contributed by atoms with Gasteiger partial charge in [-0.15, -0.1) is 11.8 Å². The van der Waals surface area contributed by atoms with Crippen molar-refractivity contribution in [1.29, 1.82) is 0 Å². The minimum Gasteiger partial charge on any atom is -0.374 e. The molecule has 5 N–H and O–H groups in total. The van der Waals surface area contributed by atoms with Crippen LogP contribution in [-0.2, 0) is 19.1 Å². The van der Waals surface area contributed by atoms with Gasteiger partial charge in [0.25, 0.3) is 5.91 Å². The number of carbonyl (C=O) groups is 3. The lowest BCUT2D eigenvalue weighted by Crippen LogP contribution is -2.49. The third-order valence-electron chi connectivity index (χ3n) is 5.30. The highest BCUT2D eigenvalue weighted by molar-refractivity contribution is 8.18. The number of nitrogens with zero attached hydrogens (tertiary/aromatic N) is 1. The number of nitrogens with two attached hydrogens (primary N) is 1. The Morgan fingerprint density at radius 2 is 2.12 bits per heavy atom. The van der Waals surface area contributed by atoms with Crippen molar-refractivity contribution in [2.24, 2.45) is 11.7 Å². The van der Waals surface area contributed by atoms with E-state index < -0.39 is 5.91 Å². The number of ether oxygens (including phenoxy) is 1. The molecule has 0 spiro atoms. The van der Waals surface area contributed by atoms with Gasteiger partial charge in [-0.05, 0) is 12.3 Å². The Kier molecular flexibility index (Phi) is 10.9. The van der Waals surface area contributed by atoms with E-state index in [9.17, 15) is 14.4 Å². The van der Waals surface area contributed by atoms with E-state index in [1.54, 1.807) is 5.41 Å². The molecular weight excluding hydrogens is 521 g/mol. The standard InChI is InChI=1S/C21H29Cl2N5O4S2/c22-15-2-1-13(7-16(15)23)9-28-5-6-32-14(10-28)8-26-19(30)12-34-21-27-17(11-33-21)20(31)25-4-3-18(24)29/h2,7,11,13-14,21,27H,1,3-6,8-10,12H2,(H2,24,29)(H,25,31)(H,26,30)/t13?,14-,21?/m0/s1. The van der Waals surface area contributed by atoms with Gasteiger partial charge in [0, 0.05) is 44.6 Å². The SMILES string of the molecule is NC(=O)CCNC(=O)C1=CSC(SCC(=O)NC[C@H]2CN(CC3C=C(Cl)C(Cl)=CC3)CCO2)N1. The van der Waals surface area contributed by atoms with Crippen molar-refractivity contribution >= 4 is 64.4 Å². The monoisotopic (exact) mass is 549 g/mol. The second kappa shape index (κ2) is 13.6. The zero-order valence-electron chi connectivity index (χ0n) is 18.6. The van der Waals surface area contributed by atoms with Gasteiger partial charge in [-0.25, -0.2) is 0 Å². The summed E-state index contributed by atoms with van der Waals surface area (Å²) in [5.41, 5.74) is 5.47. The van der Waals surface area contributed by atoms with Crippen LogP contribution in [0.15, 0.2) is 33.3 Å². The molecule has 3 rings (SSSR count). The van der Waals surface area contributed by atoms with Gasteiger partial charge in [-0.2, -0.15) is 0 Å². The number of nitrogens with one attached hydrogen (secondary N) is 3. The average molecular weight is 551 g/mol. The first kappa shape index (κ1) is 27.2. The number of rotatable bonds is 11. The van der Waals surface area contributed by atoms with Crippen LogP contribution in [0.2, 0.25) is 0 Å². The first-order chi connectivity index (χ1) is 16.3.